The molecule has 1 aliphatic rings. The topological polar surface area (TPSA) is 81.0 Å². The van der Waals surface area contributed by atoms with Crippen molar-refractivity contribution in [3.8, 4) is 11.5 Å². The average Bonchev–Trinajstić information content (AvgIpc) is 3.44. The molecule has 4 rings (SSSR count). The number of hydrogen-bond donors (Lipinski definition) is 1. The molecule has 1 atom stereocenters. The van der Waals surface area contributed by atoms with Gasteiger partial charge in [0.1, 0.15) is 11.9 Å². The minimum atomic E-state index is -1.07. The summed E-state index contributed by atoms with van der Waals surface area (Å²) >= 11 is 0. The Morgan fingerprint density at radius 2 is 1.78 bits per heavy atom. The summed E-state index contributed by atoms with van der Waals surface area (Å²) in [5, 5.41) is 3.14. The third kappa shape index (κ3) is 5.70. The van der Waals surface area contributed by atoms with Gasteiger partial charge in [-0.05, 0) is 48.7 Å². The molecule has 0 saturated heterocycles. The van der Waals surface area contributed by atoms with Crippen LogP contribution in [0.15, 0.2) is 65.3 Å². The van der Waals surface area contributed by atoms with Crippen molar-refractivity contribution in [2.24, 2.45) is 0 Å². The standard InChI is InChI=1S/C28H31FN2O5/c1-34-23-15-14-19(17-25(23)35-2)26(27(32)30-21-10-4-3-5-11-21)31(28(33)24-13-8-16-36-24)18-20-9-6-7-12-22(20)29/h6-9,12-17,21,26H,3-5,10-11,18H2,1-2H3,(H,30,32). The molecule has 190 valence electrons. The molecule has 2 amide bonds. The van der Waals surface area contributed by atoms with Crippen LogP contribution in [0.5, 0.6) is 11.5 Å². The number of nitrogens with one attached hydrogen (secondary N) is 1. The summed E-state index contributed by atoms with van der Waals surface area (Å²) in [7, 11) is 3.03. The van der Waals surface area contributed by atoms with E-state index in [1.54, 1.807) is 42.5 Å². The molecule has 0 radical (unpaired) electrons. The number of ether oxygens (including phenoxy) is 2. The third-order valence-corrected chi connectivity index (χ3v) is 6.53. The highest BCUT2D eigenvalue weighted by atomic mass is 19.1. The quantitative estimate of drug-likeness (QED) is 0.438. The number of furan rings is 1. The zero-order chi connectivity index (χ0) is 25.5. The van der Waals surface area contributed by atoms with Gasteiger partial charge in [-0.2, -0.15) is 0 Å². The van der Waals surface area contributed by atoms with Crippen LogP contribution in [-0.4, -0.2) is 37.0 Å². The van der Waals surface area contributed by atoms with Crippen LogP contribution in [-0.2, 0) is 11.3 Å². The molecule has 2 aromatic carbocycles. The fourth-order valence-corrected chi connectivity index (χ4v) is 4.66. The van der Waals surface area contributed by atoms with E-state index in [0.29, 0.717) is 17.1 Å². The molecular weight excluding hydrogens is 463 g/mol. The van der Waals surface area contributed by atoms with Crippen molar-refractivity contribution >= 4 is 11.8 Å². The number of rotatable bonds is 9. The van der Waals surface area contributed by atoms with Gasteiger partial charge in [0, 0.05) is 11.6 Å². The second kappa shape index (κ2) is 11.7. The van der Waals surface area contributed by atoms with E-state index in [-0.39, 0.29) is 29.8 Å². The minimum absolute atomic E-state index is 0.0166. The normalized spacial score (nSPS) is 14.6. The molecule has 1 saturated carbocycles. The van der Waals surface area contributed by atoms with E-state index in [2.05, 4.69) is 5.32 Å². The third-order valence-electron chi connectivity index (χ3n) is 6.53. The number of amides is 2. The maximum Gasteiger partial charge on any atom is 0.290 e. The number of hydrogen-bond acceptors (Lipinski definition) is 5. The van der Waals surface area contributed by atoms with E-state index in [4.69, 9.17) is 13.9 Å². The highest BCUT2D eigenvalue weighted by molar-refractivity contribution is 5.96. The molecule has 1 N–H and O–H groups in total. The van der Waals surface area contributed by atoms with Crippen molar-refractivity contribution in [3.05, 3.63) is 83.6 Å². The smallest absolute Gasteiger partial charge is 0.290 e. The first kappa shape index (κ1) is 25.3. The molecule has 1 heterocycles. The fraction of sp³-hybridized carbons (Fsp3) is 0.357. The summed E-state index contributed by atoms with van der Waals surface area (Å²) < 4.78 is 30.9. The molecule has 0 bridgehead atoms. The second-order valence-electron chi connectivity index (χ2n) is 8.86. The van der Waals surface area contributed by atoms with Crippen LogP contribution in [0, 0.1) is 5.82 Å². The van der Waals surface area contributed by atoms with Gasteiger partial charge in [-0.15, -0.1) is 0 Å². The number of methoxy groups -OCH3 is 2. The van der Waals surface area contributed by atoms with E-state index in [1.165, 1.54) is 37.5 Å². The summed E-state index contributed by atoms with van der Waals surface area (Å²) in [6.45, 7) is -0.136. The van der Waals surface area contributed by atoms with Gasteiger partial charge in [-0.3, -0.25) is 9.59 Å². The molecule has 7 nitrogen and oxygen atoms in total. The van der Waals surface area contributed by atoms with Crippen molar-refractivity contribution in [1.82, 2.24) is 10.2 Å². The number of benzene rings is 2. The van der Waals surface area contributed by atoms with Gasteiger partial charge in [-0.25, -0.2) is 4.39 Å². The Bertz CT molecular complexity index is 1170. The molecule has 1 aromatic heterocycles. The Labute approximate surface area is 210 Å². The number of carbonyl (C=O) groups excluding carboxylic acids is 2. The van der Waals surface area contributed by atoms with Crippen LogP contribution in [0.25, 0.3) is 0 Å². The molecule has 1 aliphatic carbocycles. The van der Waals surface area contributed by atoms with Crippen LogP contribution >= 0.6 is 0 Å². The van der Waals surface area contributed by atoms with Gasteiger partial charge in [0.05, 0.1) is 27.0 Å². The van der Waals surface area contributed by atoms with Crippen molar-refractivity contribution in [2.75, 3.05) is 14.2 Å². The number of nitrogens with zero attached hydrogens (tertiary/aromatic N) is 1. The molecule has 8 heteroatoms. The van der Waals surface area contributed by atoms with Gasteiger partial charge in [0.2, 0.25) is 5.91 Å². The number of carbonyl (C=O) groups is 2. The summed E-state index contributed by atoms with van der Waals surface area (Å²) in [6, 6.07) is 13.4. The first-order chi connectivity index (χ1) is 17.5. The predicted octanol–water partition coefficient (Wildman–Crippen LogP) is 5.27. The molecule has 3 aromatic rings. The van der Waals surface area contributed by atoms with Crippen LogP contribution < -0.4 is 14.8 Å². The second-order valence-corrected chi connectivity index (χ2v) is 8.86. The summed E-state index contributed by atoms with van der Waals surface area (Å²) in [6.07, 6.45) is 6.37. The number of halogens is 1. The molecule has 0 aliphatic heterocycles. The van der Waals surface area contributed by atoms with Crippen LogP contribution in [0.1, 0.15) is 59.8 Å². The largest absolute Gasteiger partial charge is 0.493 e. The molecular formula is C28H31FN2O5. The van der Waals surface area contributed by atoms with E-state index >= 15 is 0 Å². The van der Waals surface area contributed by atoms with Crippen LogP contribution in [0.2, 0.25) is 0 Å². The lowest BCUT2D eigenvalue weighted by Crippen LogP contribution is -2.47. The van der Waals surface area contributed by atoms with E-state index in [0.717, 1.165) is 32.1 Å². The van der Waals surface area contributed by atoms with E-state index in [1.807, 2.05) is 0 Å². The molecule has 36 heavy (non-hydrogen) atoms. The minimum Gasteiger partial charge on any atom is -0.493 e. The Morgan fingerprint density at radius 3 is 2.44 bits per heavy atom. The lowest BCUT2D eigenvalue weighted by atomic mass is 9.94. The highest BCUT2D eigenvalue weighted by Gasteiger charge is 2.35. The first-order valence-electron chi connectivity index (χ1n) is 12.1. The maximum atomic E-state index is 14.7. The Hall–Kier alpha value is -3.81. The molecule has 0 spiro atoms. The zero-order valence-corrected chi connectivity index (χ0v) is 20.5. The van der Waals surface area contributed by atoms with Crippen molar-refractivity contribution < 1.29 is 27.9 Å². The molecule has 1 fully saturated rings. The average molecular weight is 495 g/mol. The van der Waals surface area contributed by atoms with Crippen molar-refractivity contribution in [2.45, 2.75) is 50.7 Å². The Kier molecular flexibility index (Phi) is 8.25. The van der Waals surface area contributed by atoms with Gasteiger partial charge in [0.15, 0.2) is 17.3 Å². The van der Waals surface area contributed by atoms with Crippen LogP contribution in [0.4, 0.5) is 4.39 Å². The Balaban J connectivity index is 1.79. The lowest BCUT2D eigenvalue weighted by Gasteiger charge is -2.33. The summed E-state index contributed by atoms with van der Waals surface area (Å²) in [4.78, 5) is 28.9. The highest BCUT2D eigenvalue weighted by Crippen LogP contribution is 2.34. The predicted molar refractivity (Wildman–Crippen MR) is 132 cm³/mol. The Morgan fingerprint density at radius 1 is 1.03 bits per heavy atom. The van der Waals surface area contributed by atoms with Crippen molar-refractivity contribution in [1.29, 1.82) is 0 Å². The van der Waals surface area contributed by atoms with E-state index in [9.17, 15) is 14.0 Å². The van der Waals surface area contributed by atoms with Gasteiger partial charge in [-0.1, -0.05) is 43.5 Å². The molecule has 1 unspecified atom stereocenters. The summed E-state index contributed by atoms with van der Waals surface area (Å²) in [5.74, 6) is -0.365. The van der Waals surface area contributed by atoms with Gasteiger partial charge < -0.3 is 24.1 Å². The lowest BCUT2D eigenvalue weighted by molar-refractivity contribution is -0.127. The van der Waals surface area contributed by atoms with Gasteiger partial charge >= 0.3 is 0 Å². The summed E-state index contributed by atoms with van der Waals surface area (Å²) in [5.41, 5.74) is 0.797. The van der Waals surface area contributed by atoms with Gasteiger partial charge in [0.25, 0.3) is 5.91 Å². The zero-order valence-electron chi connectivity index (χ0n) is 20.5. The first-order valence-corrected chi connectivity index (χ1v) is 12.1. The van der Waals surface area contributed by atoms with E-state index < -0.39 is 17.8 Å². The monoisotopic (exact) mass is 494 g/mol. The van der Waals surface area contributed by atoms with Crippen LogP contribution in [0.3, 0.4) is 0 Å². The van der Waals surface area contributed by atoms with Crippen molar-refractivity contribution in [3.63, 3.8) is 0 Å². The fourth-order valence-electron chi connectivity index (χ4n) is 4.66. The maximum absolute atomic E-state index is 14.7. The SMILES string of the molecule is COc1ccc(C(C(=O)NC2CCCCC2)N(Cc2ccccc2F)C(=O)c2ccco2)cc1OC.